The van der Waals surface area contributed by atoms with Gasteiger partial charge in [-0.05, 0) is 37.0 Å². The minimum Gasteiger partial charge on any atom is -0.495 e. The Bertz CT molecular complexity index is 439. The minimum atomic E-state index is -0.433. The zero-order chi connectivity index (χ0) is 13.1. The van der Waals surface area contributed by atoms with Gasteiger partial charge < -0.3 is 4.74 Å². The molecule has 0 heterocycles. The highest BCUT2D eigenvalue weighted by molar-refractivity contribution is 6.35. The third kappa shape index (κ3) is 2.81. The monoisotopic (exact) mass is 286 g/mol. The van der Waals surface area contributed by atoms with Crippen LogP contribution in [0.1, 0.15) is 36.0 Å². The molecule has 0 aliphatic heterocycles. The summed E-state index contributed by atoms with van der Waals surface area (Å²) in [6, 6.07) is 5.05. The molecule has 98 valence electrons. The van der Waals surface area contributed by atoms with Gasteiger partial charge in [-0.25, -0.2) is 0 Å². The van der Waals surface area contributed by atoms with Gasteiger partial charge in [0.2, 0.25) is 0 Å². The van der Waals surface area contributed by atoms with Crippen LogP contribution >= 0.6 is 23.2 Å². The van der Waals surface area contributed by atoms with Crippen molar-refractivity contribution in [1.82, 2.24) is 0 Å². The quantitative estimate of drug-likeness (QED) is 0.608. The van der Waals surface area contributed by atoms with Crippen LogP contribution in [0.2, 0.25) is 5.02 Å². The molecule has 2 nitrogen and oxygen atoms in total. The lowest BCUT2D eigenvalue weighted by Gasteiger charge is -2.15. The highest BCUT2D eigenvalue weighted by atomic mass is 35.5. The van der Waals surface area contributed by atoms with Gasteiger partial charge in [0.05, 0.1) is 17.5 Å². The van der Waals surface area contributed by atoms with Crippen molar-refractivity contribution in [2.75, 3.05) is 7.11 Å². The summed E-state index contributed by atoms with van der Waals surface area (Å²) in [5.74, 6) is 0.841. The topological polar surface area (TPSA) is 26.3 Å². The highest BCUT2D eigenvalue weighted by Crippen LogP contribution is 2.33. The Morgan fingerprint density at radius 1 is 1.39 bits per heavy atom. The molecule has 1 aromatic carbocycles. The van der Waals surface area contributed by atoms with E-state index in [1.165, 1.54) is 12.8 Å². The third-order valence-corrected chi connectivity index (χ3v) is 4.35. The van der Waals surface area contributed by atoms with Crippen molar-refractivity contribution in [3.05, 3.63) is 28.8 Å². The van der Waals surface area contributed by atoms with Gasteiger partial charge in [0.1, 0.15) is 5.75 Å². The van der Waals surface area contributed by atoms with Crippen LogP contribution in [0, 0.1) is 5.92 Å². The number of benzene rings is 1. The molecule has 0 saturated heterocycles. The second-order valence-electron chi connectivity index (χ2n) is 4.66. The highest BCUT2D eigenvalue weighted by Gasteiger charge is 2.29. The number of hydrogen-bond donors (Lipinski definition) is 0. The van der Waals surface area contributed by atoms with E-state index in [-0.39, 0.29) is 5.78 Å². The zero-order valence-electron chi connectivity index (χ0n) is 10.3. The number of methoxy groups -OCH3 is 1. The summed E-state index contributed by atoms with van der Waals surface area (Å²) in [7, 11) is 1.55. The van der Waals surface area contributed by atoms with Gasteiger partial charge in [-0.15, -0.1) is 11.6 Å². The summed E-state index contributed by atoms with van der Waals surface area (Å²) in [6.07, 6.45) is 4.43. The van der Waals surface area contributed by atoms with Gasteiger partial charge in [0, 0.05) is 5.56 Å². The van der Waals surface area contributed by atoms with Crippen molar-refractivity contribution in [3.8, 4) is 5.75 Å². The average Bonchev–Trinajstić information content (AvgIpc) is 2.90. The van der Waals surface area contributed by atoms with Crippen molar-refractivity contribution >= 4 is 29.0 Å². The molecule has 1 aromatic rings. The Morgan fingerprint density at radius 2 is 2.06 bits per heavy atom. The Labute approximate surface area is 117 Å². The number of carbonyl (C=O) groups excluding carboxylic acids is 1. The fourth-order valence-corrected chi connectivity index (χ4v) is 3.08. The van der Waals surface area contributed by atoms with Crippen molar-refractivity contribution in [2.45, 2.75) is 31.1 Å². The van der Waals surface area contributed by atoms with Crippen LogP contribution in [0.5, 0.6) is 5.75 Å². The summed E-state index contributed by atoms with van der Waals surface area (Å²) in [5.41, 5.74) is 0.563. The predicted octanol–water partition coefficient (Wildman–Crippen LogP) is 4.33. The van der Waals surface area contributed by atoms with E-state index in [0.29, 0.717) is 22.3 Å². The van der Waals surface area contributed by atoms with E-state index in [1.54, 1.807) is 25.3 Å². The second kappa shape index (κ2) is 5.94. The third-order valence-electron chi connectivity index (χ3n) is 3.50. The maximum Gasteiger partial charge on any atom is 0.180 e. The van der Waals surface area contributed by atoms with Crippen molar-refractivity contribution in [3.63, 3.8) is 0 Å². The number of rotatable bonds is 4. The molecule has 1 aliphatic carbocycles. The van der Waals surface area contributed by atoms with E-state index in [9.17, 15) is 4.79 Å². The van der Waals surface area contributed by atoms with Crippen LogP contribution < -0.4 is 4.74 Å². The standard InChI is InChI=1S/C14H16Cl2O2/c1-18-12-7-6-10(8-11(12)15)14(17)13(16)9-4-2-3-5-9/h6-9,13H,2-5H2,1H3. The van der Waals surface area contributed by atoms with Crippen LogP contribution in [0.3, 0.4) is 0 Å². The van der Waals surface area contributed by atoms with Crippen LogP contribution in [0.4, 0.5) is 0 Å². The van der Waals surface area contributed by atoms with Crippen LogP contribution in [0.15, 0.2) is 18.2 Å². The molecule has 1 unspecified atom stereocenters. The summed E-state index contributed by atoms with van der Waals surface area (Å²) < 4.78 is 5.06. The molecule has 2 rings (SSSR count). The number of ether oxygens (including phenoxy) is 1. The lowest BCUT2D eigenvalue weighted by atomic mass is 9.96. The molecular weight excluding hydrogens is 271 g/mol. The first-order valence-corrected chi connectivity index (χ1v) is 6.96. The molecule has 1 saturated carbocycles. The summed E-state index contributed by atoms with van der Waals surface area (Å²) in [5, 5.41) is 0.00981. The first-order chi connectivity index (χ1) is 8.63. The number of Topliss-reactive ketones (excluding diaryl/α,β-unsaturated/α-hetero) is 1. The molecule has 0 spiro atoms. The van der Waals surface area contributed by atoms with E-state index in [2.05, 4.69) is 0 Å². The predicted molar refractivity (Wildman–Crippen MR) is 73.9 cm³/mol. The van der Waals surface area contributed by atoms with Gasteiger partial charge in [0.25, 0.3) is 0 Å². The van der Waals surface area contributed by atoms with E-state index in [4.69, 9.17) is 27.9 Å². The number of carbonyl (C=O) groups is 1. The molecule has 0 radical (unpaired) electrons. The molecule has 0 amide bonds. The van der Waals surface area contributed by atoms with Crippen molar-refractivity contribution in [1.29, 1.82) is 0 Å². The maximum atomic E-state index is 12.3. The van der Waals surface area contributed by atoms with Crippen LogP contribution in [-0.4, -0.2) is 18.3 Å². The number of hydrogen-bond acceptors (Lipinski definition) is 2. The molecule has 0 bridgehead atoms. The van der Waals surface area contributed by atoms with Gasteiger partial charge in [0.15, 0.2) is 5.78 Å². The number of halogens is 2. The molecular formula is C14H16Cl2O2. The summed E-state index contributed by atoms with van der Waals surface area (Å²) in [4.78, 5) is 12.3. The Balaban J connectivity index is 2.15. The van der Waals surface area contributed by atoms with Gasteiger partial charge in [-0.2, -0.15) is 0 Å². The first-order valence-electron chi connectivity index (χ1n) is 6.15. The Kier molecular flexibility index (Phi) is 4.52. The van der Waals surface area contributed by atoms with Crippen LogP contribution in [-0.2, 0) is 0 Å². The molecule has 1 atom stereocenters. The molecule has 0 aromatic heterocycles. The molecule has 1 aliphatic rings. The second-order valence-corrected chi connectivity index (χ2v) is 5.54. The Morgan fingerprint density at radius 3 is 2.61 bits per heavy atom. The van der Waals surface area contributed by atoms with E-state index < -0.39 is 5.38 Å². The normalized spacial score (nSPS) is 17.7. The van der Waals surface area contributed by atoms with Gasteiger partial charge in [-0.1, -0.05) is 24.4 Å². The van der Waals surface area contributed by atoms with Crippen molar-refractivity contribution < 1.29 is 9.53 Å². The number of alkyl halides is 1. The lowest BCUT2D eigenvalue weighted by Crippen LogP contribution is -2.22. The van der Waals surface area contributed by atoms with Gasteiger partial charge >= 0.3 is 0 Å². The fourth-order valence-electron chi connectivity index (χ4n) is 2.44. The number of ketones is 1. The molecule has 18 heavy (non-hydrogen) atoms. The average molecular weight is 287 g/mol. The van der Waals surface area contributed by atoms with E-state index in [0.717, 1.165) is 12.8 Å². The largest absolute Gasteiger partial charge is 0.495 e. The minimum absolute atomic E-state index is 0.0341. The van der Waals surface area contributed by atoms with Gasteiger partial charge in [-0.3, -0.25) is 4.79 Å². The van der Waals surface area contributed by atoms with E-state index in [1.807, 2.05) is 0 Å². The molecule has 4 heteroatoms. The summed E-state index contributed by atoms with van der Waals surface area (Å²) in [6.45, 7) is 0. The molecule has 1 fully saturated rings. The lowest BCUT2D eigenvalue weighted by molar-refractivity contribution is 0.0967. The van der Waals surface area contributed by atoms with Crippen LogP contribution in [0.25, 0.3) is 0 Å². The Hall–Kier alpha value is -0.730. The molecule has 0 N–H and O–H groups in total. The van der Waals surface area contributed by atoms with E-state index >= 15 is 0 Å². The zero-order valence-corrected chi connectivity index (χ0v) is 11.8. The van der Waals surface area contributed by atoms with Crippen molar-refractivity contribution in [2.24, 2.45) is 5.92 Å². The smallest absolute Gasteiger partial charge is 0.180 e. The first kappa shape index (κ1) is 13.7. The SMILES string of the molecule is COc1ccc(C(=O)C(Cl)C2CCCC2)cc1Cl. The maximum absolute atomic E-state index is 12.3. The fraction of sp³-hybridized carbons (Fsp3) is 0.500. The summed E-state index contributed by atoms with van der Waals surface area (Å²) >= 11 is 12.3.